The Morgan fingerprint density at radius 2 is 1.92 bits per heavy atom. The number of carbonyl (C=O) groups excluding carboxylic acids is 1. The van der Waals surface area contributed by atoms with E-state index in [1.165, 1.54) is 15.3 Å². The van der Waals surface area contributed by atoms with Gasteiger partial charge in [0.2, 0.25) is 10.0 Å². The van der Waals surface area contributed by atoms with Crippen LogP contribution in [0.4, 0.5) is 0 Å². The molecule has 1 N–H and O–H groups in total. The summed E-state index contributed by atoms with van der Waals surface area (Å²) in [5, 5.41) is 9.36. The molecule has 1 aliphatic heterocycles. The van der Waals surface area contributed by atoms with Gasteiger partial charge in [0.15, 0.2) is 0 Å². The minimum absolute atomic E-state index is 0.212. The van der Waals surface area contributed by atoms with Crippen LogP contribution in [-0.2, 0) is 10.0 Å². The van der Waals surface area contributed by atoms with Crippen LogP contribution in [0.2, 0.25) is 0 Å². The van der Waals surface area contributed by atoms with E-state index in [0.29, 0.717) is 37.2 Å². The molecule has 2 rings (SSSR count). The van der Waals surface area contributed by atoms with Gasteiger partial charge in [-0.25, -0.2) is 8.42 Å². The molecule has 0 saturated carbocycles. The molecular weight excluding hydrogens is 340 g/mol. The zero-order valence-corrected chi connectivity index (χ0v) is 16.1. The monoisotopic (exact) mass is 368 g/mol. The SMILES string of the molecule is Cc1ccc(C(=O)N(C)CC[C@H](C)O)cc1S(=O)(=O)N1CCCCC1. The minimum Gasteiger partial charge on any atom is -0.393 e. The van der Waals surface area contributed by atoms with Crippen molar-refractivity contribution in [3.8, 4) is 0 Å². The van der Waals surface area contributed by atoms with Crippen LogP contribution in [0, 0.1) is 6.92 Å². The molecule has 25 heavy (non-hydrogen) atoms. The van der Waals surface area contributed by atoms with Gasteiger partial charge in [0.25, 0.3) is 5.91 Å². The third-order valence-corrected chi connectivity index (χ3v) is 6.64. The Morgan fingerprint density at radius 1 is 1.28 bits per heavy atom. The Morgan fingerprint density at radius 3 is 2.52 bits per heavy atom. The summed E-state index contributed by atoms with van der Waals surface area (Å²) in [6.07, 6.45) is 2.80. The number of hydrogen-bond donors (Lipinski definition) is 1. The summed E-state index contributed by atoms with van der Waals surface area (Å²) >= 11 is 0. The van der Waals surface area contributed by atoms with Gasteiger partial charge in [0.05, 0.1) is 11.0 Å². The van der Waals surface area contributed by atoms with Gasteiger partial charge in [-0.3, -0.25) is 4.79 Å². The molecule has 1 aromatic carbocycles. The van der Waals surface area contributed by atoms with Crippen LogP contribution in [-0.4, -0.2) is 61.4 Å². The third kappa shape index (κ3) is 4.80. The first kappa shape index (κ1) is 19.9. The summed E-state index contributed by atoms with van der Waals surface area (Å²) < 4.78 is 27.4. The number of sulfonamides is 1. The van der Waals surface area contributed by atoms with Crippen molar-refractivity contribution in [2.45, 2.75) is 50.5 Å². The van der Waals surface area contributed by atoms with Gasteiger partial charge >= 0.3 is 0 Å². The number of aliphatic hydroxyl groups excluding tert-OH is 1. The molecular formula is C18H28N2O4S. The smallest absolute Gasteiger partial charge is 0.253 e. The first-order valence-electron chi connectivity index (χ1n) is 8.78. The third-order valence-electron chi connectivity index (χ3n) is 4.60. The van der Waals surface area contributed by atoms with Crippen LogP contribution >= 0.6 is 0 Å². The fourth-order valence-electron chi connectivity index (χ4n) is 2.96. The molecule has 7 heteroatoms. The molecule has 6 nitrogen and oxygen atoms in total. The fraction of sp³-hybridized carbons (Fsp3) is 0.611. The van der Waals surface area contributed by atoms with E-state index in [9.17, 15) is 18.3 Å². The van der Waals surface area contributed by atoms with Crippen LogP contribution in [0.15, 0.2) is 23.1 Å². The Balaban J connectivity index is 2.26. The average Bonchev–Trinajstić information content (AvgIpc) is 2.60. The van der Waals surface area contributed by atoms with Crippen molar-refractivity contribution in [1.29, 1.82) is 0 Å². The highest BCUT2D eigenvalue weighted by atomic mass is 32.2. The highest BCUT2D eigenvalue weighted by Gasteiger charge is 2.28. The van der Waals surface area contributed by atoms with E-state index >= 15 is 0 Å². The molecule has 0 bridgehead atoms. The van der Waals surface area contributed by atoms with E-state index in [0.717, 1.165) is 19.3 Å². The van der Waals surface area contributed by atoms with Gasteiger partial charge < -0.3 is 10.0 Å². The highest BCUT2D eigenvalue weighted by molar-refractivity contribution is 7.89. The number of rotatable bonds is 6. The van der Waals surface area contributed by atoms with Crippen molar-refractivity contribution in [2.75, 3.05) is 26.7 Å². The van der Waals surface area contributed by atoms with Crippen molar-refractivity contribution in [3.05, 3.63) is 29.3 Å². The van der Waals surface area contributed by atoms with Crippen molar-refractivity contribution in [2.24, 2.45) is 0 Å². The first-order chi connectivity index (χ1) is 11.7. The molecule has 0 aliphatic carbocycles. The minimum atomic E-state index is -3.58. The fourth-order valence-corrected chi connectivity index (χ4v) is 4.73. The van der Waals surface area contributed by atoms with Gasteiger partial charge in [-0.05, 0) is 50.8 Å². The van der Waals surface area contributed by atoms with Crippen molar-refractivity contribution in [1.82, 2.24) is 9.21 Å². The summed E-state index contributed by atoms with van der Waals surface area (Å²) in [6.45, 7) is 4.91. The number of aryl methyl sites for hydroxylation is 1. The topological polar surface area (TPSA) is 77.9 Å². The molecule has 1 aromatic rings. The maximum atomic E-state index is 12.9. The lowest BCUT2D eigenvalue weighted by Gasteiger charge is -2.27. The lowest BCUT2D eigenvalue weighted by molar-refractivity contribution is 0.0768. The maximum absolute atomic E-state index is 12.9. The number of benzene rings is 1. The summed E-state index contributed by atoms with van der Waals surface area (Å²) in [4.78, 5) is 14.3. The molecule has 1 saturated heterocycles. The predicted octanol–water partition coefficient (Wildman–Crippen LogP) is 2.01. The largest absolute Gasteiger partial charge is 0.393 e. The second-order valence-electron chi connectivity index (χ2n) is 6.81. The molecule has 1 fully saturated rings. The molecule has 0 spiro atoms. The molecule has 1 amide bonds. The molecule has 0 aromatic heterocycles. The maximum Gasteiger partial charge on any atom is 0.253 e. The number of hydrogen-bond acceptors (Lipinski definition) is 4. The standard InChI is InChI=1S/C18H28N2O4S/c1-14-7-8-16(18(22)19(3)12-9-15(2)21)13-17(14)25(23,24)20-10-5-4-6-11-20/h7-8,13,15,21H,4-6,9-12H2,1-3H3/t15-/m0/s1. The molecule has 0 unspecified atom stereocenters. The highest BCUT2D eigenvalue weighted by Crippen LogP contribution is 2.24. The predicted molar refractivity (Wildman–Crippen MR) is 97.0 cm³/mol. The number of carbonyl (C=O) groups is 1. The van der Waals surface area contributed by atoms with Crippen LogP contribution in [0.5, 0.6) is 0 Å². The summed E-state index contributed by atoms with van der Waals surface area (Å²) in [7, 11) is -1.92. The van der Waals surface area contributed by atoms with Gasteiger partial charge in [-0.2, -0.15) is 4.31 Å². The molecule has 1 heterocycles. The Labute approximate surface area is 150 Å². The van der Waals surface area contributed by atoms with Crippen molar-refractivity contribution >= 4 is 15.9 Å². The number of piperidine rings is 1. The van der Waals surface area contributed by atoms with Gasteiger partial charge in [0.1, 0.15) is 0 Å². The number of amides is 1. The molecule has 0 radical (unpaired) electrons. The van der Waals surface area contributed by atoms with Gasteiger partial charge in [-0.1, -0.05) is 12.5 Å². The lowest BCUT2D eigenvalue weighted by atomic mass is 10.1. The van der Waals surface area contributed by atoms with Crippen molar-refractivity contribution < 1.29 is 18.3 Å². The van der Waals surface area contributed by atoms with Crippen LogP contribution in [0.1, 0.15) is 48.5 Å². The van der Waals surface area contributed by atoms with Crippen molar-refractivity contribution in [3.63, 3.8) is 0 Å². The van der Waals surface area contributed by atoms with E-state index in [2.05, 4.69) is 0 Å². The Hall–Kier alpha value is -1.44. The normalized spacial score (nSPS) is 17.3. The molecule has 140 valence electrons. The van der Waals surface area contributed by atoms with E-state index in [1.807, 2.05) is 0 Å². The Kier molecular flexibility index (Phi) is 6.59. The summed E-state index contributed by atoms with van der Waals surface area (Å²) in [5.74, 6) is -0.240. The van der Waals surface area contributed by atoms with E-state index in [4.69, 9.17) is 0 Å². The number of aliphatic hydroxyl groups is 1. The van der Waals surface area contributed by atoms with E-state index in [-0.39, 0.29) is 10.8 Å². The molecule has 1 atom stereocenters. The Bertz CT molecular complexity index is 710. The number of nitrogens with zero attached hydrogens (tertiary/aromatic N) is 2. The average molecular weight is 368 g/mol. The quantitative estimate of drug-likeness (QED) is 0.833. The van der Waals surface area contributed by atoms with E-state index in [1.54, 1.807) is 33.0 Å². The van der Waals surface area contributed by atoms with Crippen LogP contribution in [0.3, 0.4) is 0 Å². The summed E-state index contributed by atoms with van der Waals surface area (Å²) in [5.41, 5.74) is 1.00. The zero-order valence-electron chi connectivity index (χ0n) is 15.2. The second-order valence-corrected chi connectivity index (χ2v) is 8.72. The van der Waals surface area contributed by atoms with Crippen LogP contribution < -0.4 is 0 Å². The van der Waals surface area contributed by atoms with E-state index < -0.39 is 16.1 Å². The first-order valence-corrected chi connectivity index (χ1v) is 10.2. The lowest BCUT2D eigenvalue weighted by Crippen LogP contribution is -2.36. The summed E-state index contributed by atoms with van der Waals surface area (Å²) in [6, 6.07) is 4.83. The van der Waals surface area contributed by atoms with Crippen LogP contribution in [0.25, 0.3) is 0 Å². The molecule has 1 aliphatic rings. The second kappa shape index (κ2) is 8.29. The van der Waals surface area contributed by atoms with Gasteiger partial charge in [-0.15, -0.1) is 0 Å². The zero-order chi connectivity index (χ0) is 18.6. The van der Waals surface area contributed by atoms with Gasteiger partial charge in [0, 0.05) is 32.2 Å².